The van der Waals surface area contributed by atoms with Crippen molar-refractivity contribution in [2.75, 3.05) is 0 Å². The minimum absolute atomic E-state index is 0.351. The summed E-state index contributed by atoms with van der Waals surface area (Å²) >= 11 is 0. The maximum Gasteiger partial charge on any atom is 0.416 e. The molecular weight excluding hydrogens is 352 g/mol. The van der Waals surface area contributed by atoms with E-state index in [0.717, 1.165) is 36.5 Å². The van der Waals surface area contributed by atoms with Crippen LogP contribution in [0.1, 0.15) is 68.9 Å². The largest absolute Gasteiger partial charge is 0.416 e. The van der Waals surface area contributed by atoms with Crippen molar-refractivity contribution in [3.8, 4) is 11.1 Å². The third-order valence-electron chi connectivity index (χ3n) is 5.80. The Kier molecular flexibility index (Phi) is 6.23. The van der Waals surface area contributed by atoms with Gasteiger partial charge in [-0.3, -0.25) is 0 Å². The molecule has 146 valence electrons. The molecule has 0 amide bonds. The van der Waals surface area contributed by atoms with Crippen molar-refractivity contribution in [2.24, 2.45) is 5.92 Å². The summed E-state index contributed by atoms with van der Waals surface area (Å²) in [6, 6.07) is 9.88. The van der Waals surface area contributed by atoms with Crippen molar-refractivity contribution in [2.45, 2.75) is 64.0 Å². The number of unbranched alkanes of at least 4 members (excludes halogenated alkanes) is 1. The second-order valence-corrected chi connectivity index (χ2v) is 7.67. The van der Waals surface area contributed by atoms with Crippen LogP contribution in [-0.2, 0) is 6.18 Å². The van der Waals surface area contributed by atoms with Crippen molar-refractivity contribution < 1.29 is 17.6 Å². The van der Waals surface area contributed by atoms with Crippen LogP contribution in [0.4, 0.5) is 17.6 Å². The molecule has 1 saturated carbocycles. The van der Waals surface area contributed by atoms with Crippen LogP contribution >= 0.6 is 0 Å². The normalized spacial score (nSPS) is 20.6. The second-order valence-electron chi connectivity index (χ2n) is 7.67. The van der Waals surface area contributed by atoms with Crippen LogP contribution in [0.15, 0.2) is 42.5 Å². The predicted molar refractivity (Wildman–Crippen MR) is 101 cm³/mol. The Bertz CT molecular complexity index is 738. The molecule has 0 spiro atoms. The lowest BCUT2D eigenvalue weighted by atomic mass is 9.77. The van der Waals surface area contributed by atoms with Gasteiger partial charge in [-0.25, -0.2) is 4.39 Å². The Labute approximate surface area is 158 Å². The average Bonchev–Trinajstić information content (AvgIpc) is 2.66. The van der Waals surface area contributed by atoms with Crippen molar-refractivity contribution in [3.63, 3.8) is 0 Å². The van der Waals surface area contributed by atoms with Gasteiger partial charge in [0.2, 0.25) is 0 Å². The fourth-order valence-corrected chi connectivity index (χ4v) is 4.14. The summed E-state index contributed by atoms with van der Waals surface area (Å²) in [6.07, 6.45) is 4.02. The summed E-state index contributed by atoms with van der Waals surface area (Å²) in [5.41, 5.74) is 1.11. The smallest absolute Gasteiger partial charge is 0.206 e. The highest BCUT2D eigenvalue weighted by Gasteiger charge is 2.30. The summed E-state index contributed by atoms with van der Waals surface area (Å²) in [7, 11) is 0. The zero-order valence-corrected chi connectivity index (χ0v) is 15.7. The van der Waals surface area contributed by atoms with E-state index < -0.39 is 11.7 Å². The van der Waals surface area contributed by atoms with Gasteiger partial charge in [0.15, 0.2) is 0 Å². The van der Waals surface area contributed by atoms with Gasteiger partial charge >= 0.3 is 6.18 Å². The molecule has 2 aromatic carbocycles. The van der Waals surface area contributed by atoms with E-state index in [0.29, 0.717) is 17.0 Å². The predicted octanol–water partition coefficient (Wildman–Crippen LogP) is 7.98. The molecule has 0 N–H and O–H groups in total. The molecule has 27 heavy (non-hydrogen) atoms. The van der Waals surface area contributed by atoms with E-state index in [1.165, 1.54) is 44.2 Å². The van der Waals surface area contributed by atoms with Crippen molar-refractivity contribution in [1.29, 1.82) is 0 Å². The molecule has 0 radical (unpaired) electrons. The van der Waals surface area contributed by atoms with Crippen LogP contribution in [0, 0.1) is 11.7 Å². The van der Waals surface area contributed by atoms with Gasteiger partial charge in [0.1, 0.15) is 5.82 Å². The van der Waals surface area contributed by atoms with Crippen LogP contribution < -0.4 is 0 Å². The van der Waals surface area contributed by atoms with E-state index in [1.54, 1.807) is 12.1 Å². The second kappa shape index (κ2) is 8.45. The lowest BCUT2D eigenvalue weighted by Crippen LogP contribution is -2.13. The molecule has 2 aromatic rings. The van der Waals surface area contributed by atoms with Crippen LogP contribution in [0.2, 0.25) is 0 Å². The summed E-state index contributed by atoms with van der Waals surface area (Å²) in [5.74, 6) is 0.830. The number of rotatable bonds is 5. The first-order chi connectivity index (χ1) is 12.9. The standard InChI is InChI=1S/C23H26F4/c1-2-3-4-16-5-7-17(8-6-16)19-11-14-21(22(24)15-19)18-9-12-20(13-10-18)23(25,26)27/h9-17H,2-8H2,1H3/t16-,17-. The summed E-state index contributed by atoms with van der Waals surface area (Å²) in [5, 5.41) is 0. The number of benzene rings is 2. The minimum Gasteiger partial charge on any atom is -0.206 e. The van der Waals surface area contributed by atoms with Gasteiger partial charge in [0.25, 0.3) is 0 Å². The third-order valence-corrected chi connectivity index (χ3v) is 5.80. The van der Waals surface area contributed by atoms with Crippen LogP contribution in [0.3, 0.4) is 0 Å². The Morgan fingerprint density at radius 2 is 1.59 bits per heavy atom. The number of hydrogen-bond donors (Lipinski definition) is 0. The molecule has 0 aromatic heterocycles. The third kappa shape index (κ3) is 4.91. The van der Waals surface area contributed by atoms with Crippen molar-refractivity contribution >= 4 is 0 Å². The molecule has 0 bridgehead atoms. The number of halogens is 4. The lowest BCUT2D eigenvalue weighted by molar-refractivity contribution is -0.137. The zero-order valence-electron chi connectivity index (χ0n) is 15.7. The molecule has 4 heteroatoms. The zero-order chi connectivity index (χ0) is 19.4. The first-order valence-electron chi connectivity index (χ1n) is 9.85. The van der Waals surface area contributed by atoms with Gasteiger partial charge in [0, 0.05) is 5.56 Å². The molecule has 0 saturated heterocycles. The quantitative estimate of drug-likeness (QED) is 0.463. The van der Waals surface area contributed by atoms with Crippen LogP contribution in [0.5, 0.6) is 0 Å². The van der Waals surface area contributed by atoms with E-state index in [4.69, 9.17) is 0 Å². The molecule has 0 unspecified atom stereocenters. The topological polar surface area (TPSA) is 0 Å². The maximum absolute atomic E-state index is 14.6. The van der Waals surface area contributed by atoms with Crippen LogP contribution in [0.25, 0.3) is 11.1 Å². The highest BCUT2D eigenvalue weighted by atomic mass is 19.4. The van der Waals surface area contributed by atoms with Crippen molar-refractivity contribution in [1.82, 2.24) is 0 Å². The molecule has 1 aliphatic carbocycles. The van der Waals surface area contributed by atoms with Gasteiger partial charge in [-0.1, -0.05) is 50.5 Å². The Morgan fingerprint density at radius 1 is 0.926 bits per heavy atom. The average molecular weight is 378 g/mol. The monoisotopic (exact) mass is 378 g/mol. The molecule has 0 aliphatic heterocycles. The summed E-state index contributed by atoms with van der Waals surface area (Å²) in [6.45, 7) is 2.21. The van der Waals surface area contributed by atoms with Gasteiger partial charge in [-0.15, -0.1) is 0 Å². The van der Waals surface area contributed by atoms with E-state index in [1.807, 2.05) is 6.07 Å². The van der Waals surface area contributed by atoms with Gasteiger partial charge in [0.05, 0.1) is 5.56 Å². The molecule has 0 heterocycles. The Morgan fingerprint density at radius 3 is 2.15 bits per heavy atom. The first-order valence-corrected chi connectivity index (χ1v) is 9.85. The van der Waals surface area contributed by atoms with Gasteiger partial charge in [-0.05, 0) is 66.8 Å². The molecule has 0 nitrogen and oxygen atoms in total. The molecule has 3 rings (SSSR count). The highest BCUT2D eigenvalue weighted by molar-refractivity contribution is 5.65. The highest BCUT2D eigenvalue weighted by Crippen LogP contribution is 2.39. The maximum atomic E-state index is 14.6. The fraction of sp³-hybridized carbons (Fsp3) is 0.478. The van der Waals surface area contributed by atoms with Crippen molar-refractivity contribution in [3.05, 3.63) is 59.4 Å². The van der Waals surface area contributed by atoms with Gasteiger partial charge in [-0.2, -0.15) is 13.2 Å². The van der Waals surface area contributed by atoms with Gasteiger partial charge < -0.3 is 0 Å². The lowest BCUT2D eigenvalue weighted by Gasteiger charge is -2.29. The van der Waals surface area contributed by atoms with E-state index in [9.17, 15) is 17.6 Å². The first kappa shape index (κ1) is 19.9. The Hall–Kier alpha value is -1.84. The SMILES string of the molecule is CCCC[C@H]1CC[C@H](c2ccc(-c3ccc(C(F)(F)F)cc3)c(F)c2)CC1. The van der Waals surface area contributed by atoms with Crippen LogP contribution in [-0.4, -0.2) is 0 Å². The number of hydrogen-bond acceptors (Lipinski definition) is 0. The van der Waals surface area contributed by atoms with E-state index in [-0.39, 0.29) is 5.82 Å². The molecular formula is C23H26F4. The van der Waals surface area contributed by atoms with E-state index in [2.05, 4.69) is 6.92 Å². The Balaban J connectivity index is 1.69. The number of alkyl halides is 3. The molecule has 0 atom stereocenters. The minimum atomic E-state index is -4.38. The molecule has 1 fully saturated rings. The summed E-state index contributed by atoms with van der Waals surface area (Å²) in [4.78, 5) is 0. The van der Waals surface area contributed by atoms with E-state index >= 15 is 0 Å². The summed E-state index contributed by atoms with van der Waals surface area (Å²) < 4.78 is 52.7. The molecule has 1 aliphatic rings. The fourth-order valence-electron chi connectivity index (χ4n) is 4.14.